The Labute approximate surface area is 176 Å². The quantitative estimate of drug-likeness (QED) is 0.673. The summed E-state index contributed by atoms with van der Waals surface area (Å²) >= 11 is 12.0. The van der Waals surface area contributed by atoms with Crippen molar-refractivity contribution in [2.45, 2.75) is 39.3 Å². The van der Waals surface area contributed by atoms with Crippen molar-refractivity contribution in [2.75, 3.05) is 10.6 Å². The van der Waals surface area contributed by atoms with Gasteiger partial charge >= 0.3 is 0 Å². The molecule has 0 aliphatic heterocycles. The van der Waals surface area contributed by atoms with Gasteiger partial charge in [-0.15, -0.1) is 0 Å². The molecule has 2 aromatic rings. The minimum Gasteiger partial charge on any atom is -0.347 e. The molecule has 28 heavy (non-hydrogen) atoms. The number of aryl methyl sites for hydroxylation is 1. The smallest absolute Gasteiger partial charge is 0.244 e. The Morgan fingerprint density at radius 3 is 2.21 bits per heavy atom. The number of carbonyl (C=O) groups excluding carboxylic acids is 1. The highest BCUT2D eigenvalue weighted by atomic mass is 35.5. The highest BCUT2D eigenvalue weighted by Crippen LogP contribution is 2.30. The number of sulfonamides is 1. The van der Waals surface area contributed by atoms with Crippen LogP contribution in [0.4, 0.5) is 5.69 Å². The van der Waals surface area contributed by atoms with E-state index in [2.05, 4.69) is 5.32 Å². The highest BCUT2D eigenvalue weighted by Gasteiger charge is 2.30. The van der Waals surface area contributed by atoms with Crippen LogP contribution in [0.1, 0.15) is 37.4 Å². The molecule has 0 saturated heterocycles. The van der Waals surface area contributed by atoms with Gasteiger partial charge in [-0.2, -0.15) is 0 Å². The van der Waals surface area contributed by atoms with Crippen LogP contribution in [0, 0.1) is 6.92 Å². The third-order valence-corrected chi connectivity index (χ3v) is 6.43. The molecule has 152 valence electrons. The summed E-state index contributed by atoms with van der Waals surface area (Å²) in [5, 5.41) is 3.47. The molecule has 0 heterocycles. The predicted octanol–water partition coefficient (Wildman–Crippen LogP) is 4.72. The Kier molecular flexibility index (Phi) is 7.37. The molecular formula is C20H24Cl2N2O3S. The predicted molar refractivity (Wildman–Crippen MR) is 116 cm³/mol. The number of hydrogen-bond acceptors (Lipinski definition) is 3. The van der Waals surface area contributed by atoms with Crippen LogP contribution in [0.5, 0.6) is 0 Å². The molecule has 0 bridgehead atoms. The number of nitrogens with one attached hydrogen (secondary N) is 1. The summed E-state index contributed by atoms with van der Waals surface area (Å²) in [7, 11) is -3.73. The van der Waals surface area contributed by atoms with E-state index in [1.807, 2.05) is 38.1 Å². The normalized spacial score (nSPS) is 13.6. The van der Waals surface area contributed by atoms with E-state index >= 15 is 0 Å². The van der Waals surface area contributed by atoms with Gasteiger partial charge in [-0.05, 0) is 44.0 Å². The number of hydrogen-bond donors (Lipinski definition) is 1. The summed E-state index contributed by atoms with van der Waals surface area (Å²) in [5.74, 6) is -0.399. The average molecular weight is 443 g/mol. The van der Waals surface area contributed by atoms with Gasteiger partial charge < -0.3 is 5.32 Å². The van der Waals surface area contributed by atoms with E-state index in [1.54, 1.807) is 6.92 Å². The van der Waals surface area contributed by atoms with E-state index in [0.717, 1.165) is 21.7 Å². The highest BCUT2D eigenvalue weighted by molar-refractivity contribution is 7.92. The van der Waals surface area contributed by atoms with E-state index in [1.165, 1.54) is 18.2 Å². The van der Waals surface area contributed by atoms with E-state index in [-0.39, 0.29) is 16.8 Å². The Balaban J connectivity index is 2.30. The number of amides is 1. The second kappa shape index (κ2) is 9.16. The average Bonchev–Trinajstić information content (AvgIpc) is 2.62. The maximum Gasteiger partial charge on any atom is 0.244 e. The maximum atomic E-state index is 12.9. The second-order valence-corrected chi connectivity index (χ2v) is 9.39. The van der Waals surface area contributed by atoms with Gasteiger partial charge in [0.2, 0.25) is 15.9 Å². The molecule has 0 spiro atoms. The summed E-state index contributed by atoms with van der Waals surface area (Å²) in [6.45, 7) is 5.50. The van der Waals surface area contributed by atoms with Crippen LogP contribution in [-0.4, -0.2) is 26.6 Å². The van der Waals surface area contributed by atoms with Gasteiger partial charge in [0.25, 0.3) is 0 Å². The van der Waals surface area contributed by atoms with Gasteiger partial charge in [0.05, 0.1) is 28.0 Å². The van der Waals surface area contributed by atoms with Crippen LogP contribution in [0.3, 0.4) is 0 Å². The van der Waals surface area contributed by atoms with Crippen molar-refractivity contribution in [1.29, 1.82) is 0 Å². The van der Waals surface area contributed by atoms with Crippen LogP contribution in [0.25, 0.3) is 0 Å². The van der Waals surface area contributed by atoms with Crippen molar-refractivity contribution >= 4 is 44.8 Å². The fourth-order valence-electron chi connectivity index (χ4n) is 2.94. The van der Waals surface area contributed by atoms with Crippen LogP contribution in [0.2, 0.25) is 10.0 Å². The molecular weight excluding hydrogens is 419 g/mol. The Hall–Kier alpha value is -1.76. The lowest BCUT2D eigenvalue weighted by Gasteiger charge is -2.30. The number of nitrogens with zero attached hydrogens (tertiary/aromatic N) is 1. The molecule has 2 aromatic carbocycles. The first-order chi connectivity index (χ1) is 13.0. The van der Waals surface area contributed by atoms with Gasteiger partial charge in [0.1, 0.15) is 6.04 Å². The van der Waals surface area contributed by atoms with Crippen molar-refractivity contribution < 1.29 is 13.2 Å². The van der Waals surface area contributed by atoms with Crippen LogP contribution < -0.4 is 9.62 Å². The van der Waals surface area contributed by atoms with E-state index < -0.39 is 22.0 Å². The van der Waals surface area contributed by atoms with Crippen molar-refractivity contribution in [1.82, 2.24) is 5.32 Å². The van der Waals surface area contributed by atoms with Gasteiger partial charge in [-0.3, -0.25) is 9.10 Å². The topological polar surface area (TPSA) is 66.5 Å². The van der Waals surface area contributed by atoms with Crippen LogP contribution in [0.15, 0.2) is 42.5 Å². The standard InChI is InChI=1S/C20H24Cl2N2O3S/c1-5-19(15-8-6-13(2)7-9-15)23-20(25)14(3)24(28(4,26)27)16-10-11-17(21)18(22)12-16/h6-12,14,19H,5H2,1-4H3,(H,23,25)/t14-,19-/m0/s1. The van der Waals surface area contributed by atoms with Gasteiger partial charge in [0.15, 0.2) is 0 Å². The second-order valence-electron chi connectivity index (χ2n) is 6.71. The molecule has 0 aromatic heterocycles. The molecule has 0 radical (unpaired) electrons. The van der Waals surface area contributed by atoms with Gasteiger partial charge in [-0.1, -0.05) is 60.0 Å². The first-order valence-electron chi connectivity index (χ1n) is 8.86. The van der Waals surface area contributed by atoms with Gasteiger partial charge in [-0.25, -0.2) is 8.42 Å². The number of halogens is 2. The Morgan fingerprint density at radius 2 is 1.71 bits per heavy atom. The lowest BCUT2D eigenvalue weighted by Crippen LogP contribution is -2.48. The molecule has 1 N–H and O–H groups in total. The molecule has 8 heteroatoms. The van der Waals surface area contributed by atoms with Crippen molar-refractivity contribution in [3.63, 3.8) is 0 Å². The molecule has 1 amide bonds. The maximum absolute atomic E-state index is 12.9. The minimum absolute atomic E-state index is 0.214. The minimum atomic E-state index is -3.73. The summed E-state index contributed by atoms with van der Waals surface area (Å²) in [4.78, 5) is 12.9. The van der Waals surface area contributed by atoms with E-state index in [9.17, 15) is 13.2 Å². The molecule has 5 nitrogen and oxygen atoms in total. The molecule has 0 aliphatic carbocycles. The molecule has 2 rings (SSSR count). The molecule has 2 atom stereocenters. The summed E-state index contributed by atoms with van der Waals surface area (Å²) in [5.41, 5.74) is 2.37. The Bertz CT molecular complexity index is 946. The van der Waals surface area contributed by atoms with Crippen LogP contribution >= 0.6 is 23.2 Å². The summed E-state index contributed by atoms with van der Waals surface area (Å²) < 4.78 is 25.9. The van der Waals surface area contributed by atoms with Gasteiger partial charge in [0, 0.05) is 0 Å². The number of carbonyl (C=O) groups is 1. The van der Waals surface area contributed by atoms with Crippen molar-refractivity contribution in [3.8, 4) is 0 Å². The molecule has 0 saturated carbocycles. The summed E-state index contributed by atoms with van der Waals surface area (Å²) in [6, 6.07) is 11.2. The molecule has 0 fully saturated rings. The third-order valence-electron chi connectivity index (χ3n) is 4.45. The molecule has 0 unspecified atom stereocenters. The molecule has 0 aliphatic rings. The lowest BCUT2D eigenvalue weighted by atomic mass is 10.0. The summed E-state index contributed by atoms with van der Waals surface area (Å²) in [6.07, 6.45) is 1.73. The zero-order chi connectivity index (χ0) is 21.1. The third kappa shape index (κ3) is 5.40. The lowest BCUT2D eigenvalue weighted by molar-refractivity contribution is -0.122. The number of anilines is 1. The number of rotatable bonds is 7. The largest absolute Gasteiger partial charge is 0.347 e. The SMILES string of the molecule is CC[C@H](NC(=O)[C@H](C)N(c1ccc(Cl)c(Cl)c1)S(C)(=O)=O)c1ccc(C)cc1. The monoisotopic (exact) mass is 442 g/mol. The zero-order valence-corrected chi connectivity index (χ0v) is 18.6. The fraction of sp³-hybridized carbons (Fsp3) is 0.350. The first kappa shape index (κ1) is 22.5. The zero-order valence-electron chi connectivity index (χ0n) is 16.2. The van der Waals surface area contributed by atoms with Crippen molar-refractivity contribution in [3.05, 3.63) is 63.6 Å². The van der Waals surface area contributed by atoms with Crippen LogP contribution in [-0.2, 0) is 14.8 Å². The first-order valence-corrected chi connectivity index (χ1v) is 11.5. The fourth-order valence-corrected chi connectivity index (χ4v) is 4.40. The van der Waals surface area contributed by atoms with E-state index in [0.29, 0.717) is 11.4 Å². The Morgan fingerprint density at radius 1 is 1.11 bits per heavy atom. The number of benzene rings is 2. The van der Waals surface area contributed by atoms with E-state index in [4.69, 9.17) is 23.2 Å². The van der Waals surface area contributed by atoms with Crippen molar-refractivity contribution in [2.24, 2.45) is 0 Å².